The van der Waals surface area contributed by atoms with Gasteiger partial charge in [-0.3, -0.25) is 4.79 Å². The maximum atomic E-state index is 12.2. The molecule has 5 heteroatoms. The van der Waals surface area contributed by atoms with Gasteiger partial charge in [0.2, 0.25) is 5.78 Å². The Labute approximate surface area is 139 Å². The van der Waals surface area contributed by atoms with Crippen LogP contribution in [0, 0.1) is 0 Å². The summed E-state index contributed by atoms with van der Waals surface area (Å²) in [6, 6.07) is 12.3. The number of carbonyl (C=O) groups excluding carboxylic acids is 1. The van der Waals surface area contributed by atoms with E-state index in [1.54, 1.807) is 37.3 Å². The molecule has 1 unspecified atom stereocenters. The van der Waals surface area contributed by atoms with E-state index in [2.05, 4.69) is 31.9 Å². The van der Waals surface area contributed by atoms with E-state index in [1.807, 2.05) is 12.1 Å². The highest BCUT2D eigenvalue weighted by Gasteiger charge is 2.17. The van der Waals surface area contributed by atoms with Gasteiger partial charge in [-0.1, -0.05) is 27.5 Å². The second kappa shape index (κ2) is 6.74. The number of Topliss-reactive ketones (excluding diaryl/α,β-unsaturated/α-hetero) is 1. The second-order valence-electron chi connectivity index (χ2n) is 4.21. The molecule has 0 heterocycles. The molecule has 0 fully saturated rings. The molecule has 0 aliphatic carbocycles. The van der Waals surface area contributed by atoms with Gasteiger partial charge in [0.1, 0.15) is 5.75 Å². The topological polar surface area (TPSA) is 26.3 Å². The predicted molar refractivity (Wildman–Crippen MR) is 87.7 cm³/mol. The third-order valence-corrected chi connectivity index (χ3v) is 4.06. The van der Waals surface area contributed by atoms with Crippen LogP contribution in [0.3, 0.4) is 0 Å². The number of hydrogen-bond acceptors (Lipinski definition) is 2. The Bertz CT molecular complexity index is 626. The van der Waals surface area contributed by atoms with Crippen molar-refractivity contribution < 1.29 is 9.53 Å². The van der Waals surface area contributed by atoms with Gasteiger partial charge in [0.05, 0.1) is 4.47 Å². The fraction of sp³-hybridized carbons (Fsp3) is 0.133. The molecule has 2 rings (SSSR count). The maximum Gasteiger partial charge on any atom is 0.202 e. The molecule has 2 aromatic rings. The minimum atomic E-state index is -0.575. The van der Waals surface area contributed by atoms with Crippen molar-refractivity contribution in [2.24, 2.45) is 0 Å². The van der Waals surface area contributed by atoms with Gasteiger partial charge in [-0.15, -0.1) is 0 Å². The van der Waals surface area contributed by atoms with E-state index in [-0.39, 0.29) is 5.78 Å². The van der Waals surface area contributed by atoms with Crippen molar-refractivity contribution in [1.29, 1.82) is 0 Å². The van der Waals surface area contributed by atoms with E-state index in [0.717, 1.165) is 8.95 Å². The number of hydrogen-bond donors (Lipinski definition) is 0. The van der Waals surface area contributed by atoms with Crippen molar-refractivity contribution >= 4 is 49.2 Å². The molecule has 0 aromatic heterocycles. The van der Waals surface area contributed by atoms with E-state index < -0.39 is 6.10 Å². The molecule has 0 radical (unpaired) electrons. The lowest BCUT2D eigenvalue weighted by atomic mass is 10.1. The van der Waals surface area contributed by atoms with Crippen LogP contribution in [0.4, 0.5) is 0 Å². The maximum absolute atomic E-state index is 12.2. The summed E-state index contributed by atoms with van der Waals surface area (Å²) in [4.78, 5) is 12.2. The van der Waals surface area contributed by atoms with Gasteiger partial charge in [-0.05, 0) is 65.3 Å². The van der Waals surface area contributed by atoms with Crippen LogP contribution >= 0.6 is 43.5 Å². The second-order valence-corrected chi connectivity index (χ2v) is 6.41. The van der Waals surface area contributed by atoms with Crippen LogP contribution in [0.15, 0.2) is 51.4 Å². The van der Waals surface area contributed by atoms with Crippen LogP contribution in [-0.2, 0) is 0 Å². The molecule has 0 aliphatic heterocycles. The van der Waals surface area contributed by atoms with Crippen LogP contribution in [0.5, 0.6) is 5.75 Å². The lowest BCUT2D eigenvalue weighted by molar-refractivity contribution is 0.0817. The largest absolute Gasteiger partial charge is 0.481 e. The molecule has 1 atom stereocenters. The van der Waals surface area contributed by atoms with Crippen molar-refractivity contribution in [3.63, 3.8) is 0 Å². The van der Waals surface area contributed by atoms with Crippen LogP contribution in [0.25, 0.3) is 0 Å². The highest BCUT2D eigenvalue weighted by molar-refractivity contribution is 9.11. The van der Waals surface area contributed by atoms with Gasteiger partial charge in [0.25, 0.3) is 0 Å². The Morgan fingerprint density at radius 1 is 1.15 bits per heavy atom. The number of halogens is 3. The molecule has 0 bridgehead atoms. The zero-order valence-corrected chi connectivity index (χ0v) is 14.5. The van der Waals surface area contributed by atoms with Crippen LogP contribution in [0.2, 0.25) is 5.02 Å². The van der Waals surface area contributed by atoms with Crippen molar-refractivity contribution in [3.05, 3.63) is 62.0 Å². The third-order valence-electron chi connectivity index (χ3n) is 2.70. The monoisotopic (exact) mass is 416 g/mol. The summed E-state index contributed by atoms with van der Waals surface area (Å²) in [6.07, 6.45) is -0.575. The normalized spacial score (nSPS) is 12.0. The first-order chi connectivity index (χ1) is 9.47. The minimum absolute atomic E-state index is 0.0866. The van der Waals surface area contributed by atoms with Gasteiger partial charge < -0.3 is 4.74 Å². The molecule has 2 nitrogen and oxygen atoms in total. The number of carbonyl (C=O) groups is 1. The van der Waals surface area contributed by atoms with Crippen LogP contribution in [0.1, 0.15) is 17.3 Å². The molecule has 0 spiro atoms. The summed E-state index contributed by atoms with van der Waals surface area (Å²) in [5.74, 6) is 0.541. The Hall–Kier alpha value is -0.840. The quantitative estimate of drug-likeness (QED) is 0.612. The Morgan fingerprint density at radius 3 is 2.40 bits per heavy atom. The van der Waals surface area contributed by atoms with Crippen LogP contribution < -0.4 is 4.74 Å². The molecule has 2 aromatic carbocycles. The third kappa shape index (κ3) is 3.84. The van der Waals surface area contributed by atoms with Crippen molar-refractivity contribution in [3.8, 4) is 5.75 Å². The number of ketones is 1. The fourth-order valence-corrected chi connectivity index (χ4v) is 2.93. The molecule has 0 aliphatic rings. The molecule has 0 N–H and O–H groups in total. The molecule has 20 heavy (non-hydrogen) atoms. The van der Waals surface area contributed by atoms with Gasteiger partial charge >= 0.3 is 0 Å². The van der Waals surface area contributed by atoms with E-state index in [4.69, 9.17) is 16.3 Å². The standard InChI is InChI=1S/C15H11Br2ClO2/c1-9(15(19)10-2-5-12(18)6-3-10)20-14-7-4-11(16)8-13(14)17/h2-9H,1H3. The number of rotatable bonds is 4. The molecule has 104 valence electrons. The summed E-state index contributed by atoms with van der Waals surface area (Å²) in [5, 5.41) is 0.603. The van der Waals surface area contributed by atoms with E-state index in [1.165, 1.54) is 0 Å². The van der Waals surface area contributed by atoms with Gasteiger partial charge in [-0.25, -0.2) is 0 Å². The Kier molecular flexibility index (Phi) is 5.24. The molecule has 0 saturated carbocycles. The predicted octanol–water partition coefficient (Wildman–Crippen LogP) is 5.52. The lowest BCUT2D eigenvalue weighted by Crippen LogP contribution is -2.24. The summed E-state index contributed by atoms with van der Waals surface area (Å²) in [6.45, 7) is 1.73. The molecule has 0 saturated heterocycles. The van der Waals surface area contributed by atoms with E-state index in [9.17, 15) is 4.79 Å². The number of benzene rings is 2. The van der Waals surface area contributed by atoms with Crippen LogP contribution in [-0.4, -0.2) is 11.9 Å². The summed E-state index contributed by atoms with van der Waals surface area (Å²) >= 11 is 12.6. The van der Waals surface area contributed by atoms with Gasteiger partial charge in [-0.2, -0.15) is 0 Å². The van der Waals surface area contributed by atoms with Gasteiger partial charge in [0, 0.05) is 15.1 Å². The SMILES string of the molecule is CC(Oc1ccc(Br)cc1Br)C(=O)c1ccc(Cl)cc1. The zero-order valence-electron chi connectivity index (χ0n) is 10.6. The minimum Gasteiger partial charge on any atom is -0.481 e. The van der Waals surface area contributed by atoms with E-state index in [0.29, 0.717) is 16.3 Å². The van der Waals surface area contributed by atoms with Crippen molar-refractivity contribution in [1.82, 2.24) is 0 Å². The first kappa shape index (κ1) is 15.5. The van der Waals surface area contributed by atoms with Crippen molar-refractivity contribution in [2.75, 3.05) is 0 Å². The smallest absolute Gasteiger partial charge is 0.202 e. The summed E-state index contributed by atoms with van der Waals surface area (Å²) in [7, 11) is 0. The lowest BCUT2D eigenvalue weighted by Gasteiger charge is -2.15. The highest BCUT2D eigenvalue weighted by Crippen LogP contribution is 2.29. The van der Waals surface area contributed by atoms with Crippen molar-refractivity contribution in [2.45, 2.75) is 13.0 Å². The highest BCUT2D eigenvalue weighted by atomic mass is 79.9. The average molecular weight is 419 g/mol. The van der Waals surface area contributed by atoms with Gasteiger partial charge in [0.15, 0.2) is 6.10 Å². The Balaban J connectivity index is 2.13. The first-order valence-corrected chi connectivity index (χ1v) is 7.85. The number of ether oxygens (including phenoxy) is 1. The average Bonchev–Trinajstić information content (AvgIpc) is 2.42. The summed E-state index contributed by atoms with van der Waals surface area (Å²) < 4.78 is 7.43. The zero-order chi connectivity index (χ0) is 14.7. The molecular formula is C15H11Br2ClO2. The molecule has 0 amide bonds. The Morgan fingerprint density at radius 2 is 1.80 bits per heavy atom. The first-order valence-electron chi connectivity index (χ1n) is 5.89. The van der Waals surface area contributed by atoms with E-state index >= 15 is 0 Å². The summed E-state index contributed by atoms with van der Waals surface area (Å²) in [5.41, 5.74) is 0.579. The fourth-order valence-electron chi connectivity index (χ4n) is 1.66. The molecular weight excluding hydrogens is 407 g/mol.